The minimum absolute atomic E-state index is 0.374. The quantitative estimate of drug-likeness (QED) is 0.170. The molecule has 4 heteroatoms. The van der Waals surface area contributed by atoms with Gasteiger partial charge in [0, 0.05) is 0 Å². The van der Waals surface area contributed by atoms with Crippen LogP contribution in [0.3, 0.4) is 0 Å². The first-order valence-corrected chi connectivity index (χ1v) is 13.2. The zero-order valence-electron chi connectivity index (χ0n) is 21.3. The summed E-state index contributed by atoms with van der Waals surface area (Å²) in [5.41, 5.74) is 0.506. The molecule has 0 amide bonds. The summed E-state index contributed by atoms with van der Waals surface area (Å²) in [4.78, 5) is 12.5. The van der Waals surface area contributed by atoms with Crippen LogP contribution in [0.25, 0.3) is 0 Å². The Bertz CT molecular complexity index is 835. The van der Waals surface area contributed by atoms with Gasteiger partial charge in [0.05, 0.1) is 18.8 Å². The fraction of sp³-hybridized carbons (Fsp3) is 0.567. The molecule has 0 bridgehead atoms. The highest BCUT2D eigenvalue weighted by molar-refractivity contribution is 5.91. The van der Waals surface area contributed by atoms with Crippen LogP contribution in [0, 0.1) is 17.8 Å². The summed E-state index contributed by atoms with van der Waals surface area (Å²) in [6.07, 6.45) is 11.3. The number of rotatable bonds is 13. The molecule has 0 aromatic heterocycles. The Balaban J connectivity index is 1.38. The average molecular weight is 467 g/mol. The minimum Gasteiger partial charge on any atom is -0.494 e. The Hall–Kier alpha value is -2.49. The molecule has 1 aliphatic carbocycles. The number of hydrogen-bond donors (Lipinski definition) is 0. The fourth-order valence-corrected chi connectivity index (χ4v) is 4.59. The molecule has 1 atom stereocenters. The summed E-state index contributed by atoms with van der Waals surface area (Å²) in [5, 5.41) is 0. The van der Waals surface area contributed by atoms with Gasteiger partial charge >= 0.3 is 5.97 Å². The fourth-order valence-electron chi connectivity index (χ4n) is 4.59. The highest BCUT2D eigenvalue weighted by atomic mass is 16.5. The first-order chi connectivity index (χ1) is 16.6. The summed E-state index contributed by atoms with van der Waals surface area (Å²) in [6.45, 7) is 8.22. The molecule has 2 aromatic rings. The lowest BCUT2D eigenvalue weighted by molar-refractivity contribution is 0.0734. The van der Waals surface area contributed by atoms with Gasteiger partial charge in [0.15, 0.2) is 0 Å². The number of ether oxygens (including phenoxy) is 3. The lowest BCUT2D eigenvalue weighted by Crippen LogP contribution is -2.20. The Morgan fingerprint density at radius 1 is 0.853 bits per heavy atom. The molecule has 0 saturated heterocycles. The maximum Gasteiger partial charge on any atom is 0.343 e. The van der Waals surface area contributed by atoms with Gasteiger partial charge in [-0.3, -0.25) is 0 Å². The monoisotopic (exact) mass is 466 g/mol. The van der Waals surface area contributed by atoms with Crippen molar-refractivity contribution >= 4 is 5.97 Å². The highest BCUT2D eigenvalue weighted by Crippen LogP contribution is 2.32. The molecule has 0 N–H and O–H groups in total. The predicted octanol–water partition coefficient (Wildman–Crippen LogP) is 8.10. The number of benzene rings is 2. The summed E-state index contributed by atoms with van der Waals surface area (Å²) < 4.78 is 17.3. The van der Waals surface area contributed by atoms with E-state index in [9.17, 15) is 4.79 Å². The molecule has 0 unspecified atom stereocenters. The largest absolute Gasteiger partial charge is 0.494 e. The van der Waals surface area contributed by atoms with Gasteiger partial charge in [-0.1, -0.05) is 52.9 Å². The van der Waals surface area contributed by atoms with Crippen molar-refractivity contribution in [2.45, 2.75) is 78.6 Å². The van der Waals surface area contributed by atoms with Crippen LogP contribution in [0.1, 0.15) is 88.9 Å². The van der Waals surface area contributed by atoms with Gasteiger partial charge in [-0.05, 0) is 92.0 Å². The van der Waals surface area contributed by atoms with E-state index in [0.717, 1.165) is 36.4 Å². The topological polar surface area (TPSA) is 44.8 Å². The third kappa shape index (κ3) is 8.70. The van der Waals surface area contributed by atoms with Crippen LogP contribution in [0.15, 0.2) is 48.5 Å². The standard InChI is InChI=1S/C30H42O4/c1-4-7-24-9-11-25(12-10-24)22-33-28-17-19-29(20-18-28)34-30(31)26-13-15-27(16-14-26)32-21-6-8-23(3)5-2/h13-20,23-25H,4-12,21-22H2,1-3H3/t23-,24-,25-/m0/s1. The Kier molecular flexibility index (Phi) is 10.8. The molecule has 34 heavy (non-hydrogen) atoms. The molecule has 3 rings (SSSR count). The van der Waals surface area contributed by atoms with E-state index in [1.54, 1.807) is 24.3 Å². The van der Waals surface area contributed by atoms with E-state index < -0.39 is 0 Å². The normalized spacial score (nSPS) is 18.8. The van der Waals surface area contributed by atoms with Gasteiger partial charge in [0.25, 0.3) is 0 Å². The molecule has 186 valence electrons. The van der Waals surface area contributed by atoms with Crippen LogP contribution in [-0.2, 0) is 0 Å². The van der Waals surface area contributed by atoms with Crippen molar-refractivity contribution in [2.75, 3.05) is 13.2 Å². The van der Waals surface area contributed by atoms with Crippen LogP contribution in [-0.4, -0.2) is 19.2 Å². The molecular weight excluding hydrogens is 424 g/mol. The van der Waals surface area contributed by atoms with Gasteiger partial charge in [0.1, 0.15) is 17.2 Å². The second-order valence-corrected chi connectivity index (χ2v) is 9.88. The summed E-state index contributed by atoms with van der Waals surface area (Å²) in [6, 6.07) is 14.5. The molecule has 1 saturated carbocycles. The second-order valence-electron chi connectivity index (χ2n) is 9.88. The SMILES string of the molecule is CCC[C@H]1CC[C@H](COc2ccc(OC(=O)c3ccc(OCCC[C@@H](C)CC)cc3)cc2)CC1. The average Bonchev–Trinajstić information content (AvgIpc) is 2.87. The van der Waals surface area contributed by atoms with Crippen molar-refractivity contribution < 1.29 is 19.0 Å². The van der Waals surface area contributed by atoms with Crippen LogP contribution in [0.5, 0.6) is 17.2 Å². The van der Waals surface area contributed by atoms with Crippen molar-refractivity contribution in [3.05, 3.63) is 54.1 Å². The number of hydrogen-bond acceptors (Lipinski definition) is 4. The van der Waals surface area contributed by atoms with Gasteiger partial charge in [0.2, 0.25) is 0 Å². The van der Waals surface area contributed by atoms with E-state index >= 15 is 0 Å². The summed E-state index contributed by atoms with van der Waals surface area (Å²) in [5.74, 6) is 4.04. The molecule has 1 fully saturated rings. The van der Waals surface area contributed by atoms with Crippen LogP contribution in [0.4, 0.5) is 0 Å². The zero-order valence-corrected chi connectivity index (χ0v) is 21.3. The first kappa shape index (κ1) is 26.1. The van der Waals surface area contributed by atoms with Crippen molar-refractivity contribution in [1.29, 1.82) is 0 Å². The third-order valence-electron chi connectivity index (χ3n) is 7.08. The van der Waals surface area contributed by atoms with Crippen molar-refractivity contribution in [1.82, 2.24) is 0 Å². The molecule has 0 aliphatic heterocycles. The van der Waals surface area contributed by atoms with Gasteiger partial charge in [-0.15, -0.1) is 0 Å². The van der Waals surface area contributed by atoms with Gasteiger partial charge in [-0.25, -0.2) is 4.79 Å². The second kappa shape index (κ2) is 14.0. The minimum atomic E-state index is -0.374. The van der Waals surface area contributed by atoms with Crippen LogP contribution in [0.2, 0.25) is 0 Å². The molecule has 0 heterocycles. The van der Waals surface area contributed by atoms with Crippen LogP contribution < -0.4 is 14.2 Å². The summed E-state index contributed by atoms with van der Waals surface area (Å²) >= 11 is 0. The summed E-state index contributed by atoms with van der Waals surface area (Å²) in [7, 11) is 0. The molecule has 2 aromatic carbocycles. The maximum absolute atomic E-state index is 12.5. The van der Waals surface area contributed by atoms with E-state index in [0.29, 0.717) is 23.8 Å². The van der Waals surface area contributed by atoms with E-state index in [-0.39, 0.29) is 5.97 Å². The number of carbonyl (C=O) groups excluding carboxylic acids is 1. The van der Waals surface area contributed by atoms with E-state index in [1.165, 1.54) is 51.4 Å². The molecule has 1 aliphatic rings. The van der Waals surface area contributed by atoms with E-state index in [1.807, 2.05) is 24.3 Å². The van der Waals surface area contributed by atoms with Gasteiger partial charge < -0.3 is 14.2 Å². The Morgan fingerprint density at radius 3 is 2.09 bits per heavy atom. The maximum atomic E-state index is 12.5. The van der Waals surface area contributed by atoms with E-state index in [4.69, 9.17) is 14.2 Å². The molecule has 4 nitrogen and oxygen atoms in total. The van der Waals surface area contributed by atoms with Gasteiger partial charge in [-0.2, -0.15) is 0 Å². The van der Waals surface area contributed by atoms with E-state index in [2.05, 4.69) is 20.8 Å². The zero-order chi connectivity index (χ0) is 24.2. The first-order valence-electron chi connectivity index (χ1n) is 13.2. The number of carbonyl (C=O) groups is 1. The van der Waals surface area contributed by atoms with Crippen molar-refractivity contribution in [3.63, 3.8) is 0 Å². The van der Waals surface area contributed by atoms with Crippen molar-refractivity contribution in [3.8, 4) is 17.2 Å². The van der Waals surface area contributed by atoms with Crippen LogP contribution >= 0.6 is 0 Å². The molecular formula is C30H42O4. The molecule has 0 radical (unpaired) electrons. The Morgan fingerprint density at radius 2 is 1.44 bits per heavy atom. The Labute approximate surface area is 206 Å². The lowest BCUT2D eigenvalue weighted by Gasteiger charge is -2.28. The number of esters is 1. The lowest BCUT2D eigenvalue weighted by atomic mass is 9.80. The molecule has 0 spiro atoms. The smallest absolute Gasteiger partial charge is 0.343 e. The highest BCUT2D eigenvalue weighted by Gasteiger charge is 2.21. The predicted molar refractivity (Wildman–Crippen MR) is 138 cm³/mol. The van der Waals surface area contributed by atoms with Crippen molar-refractivity contribution in [2.24, 2.45) is 17.8 Å². The third-order valence-corrected chi connectivity index (χ3v) is 7.08.